The van der Waals surface area contributed by atoms with Crippen molar-refractivity contribution in [3.63, 3.8) is 0 Å². The van der Waals surface area contributed by atoms with Gasteiger partial charge in [0.1, 0.15) is 0 Å². The summed E-state index contributed by atoms with van der Waals surface area (Å²) in [6.07, 6.45) is 0. The molecule has 0 aliphatic heterocycles. The molecule has 0 spiro atoms. The van der Waals surface area contributed by atoms with Gasteiger partial charge in [-0.2, -0.15) is 0 Å². The van der Waals surface area contributed by atoms with Crippen LogP contribution in [0.4, 0.5) is 0 Å². The van der Waals surface area contributed by atoms with E-state index in [2.05, 4.69) is 0 Å². The summed E-state index contributed by atoms with van der Waals surface area (Å²) in [6.45, 7) is 0. The molecule has 0 aliphatic carbocycles. The van der Waals surface area contributed by atoms with E-state index in [9.17, 15) is 0 Å². The third kappa shape index (κ3) is 2400. The van der Waals surface area contributed by atoms with Crippen molar-refractivity contribution in [2.75, 3.05) is 0 Å². The Morgan fingerprint density at radius 3 is 0.471 bits per heavy atom. The van der Waals surface area contributed by atoms with Crippen LogP contribution in [0.25, 0.3) is 0 Å². The maximum absolute atomic E-state index is 8.58. The molecular weight excluding hydrogens is 415 g/mol. The van der Waals surface area contributed by atoms with Gasteiger partial charge in [-0.1, -0.05) is 0 Å². The predicted molar refractivity (Wildman–Crippen MR) is 4.12 cm³/mol. The maximum atomic E-state index is 8.58. The molecule has 0 fully saturated rings. The van der Waals surface area contributed by atoms with Crippen molar-refractivity contribution in [1.29, 1.82) is 0 Å². The Balaban J connectivity index is -0.0000000400. The minimum atomic E-state index is -5.62. The quantitative estimate of drug-likeness (QED) is 0.335. The van der Waals surface area contributed by atoms with Crippen molar-refractivity contribution < 1.29 is 126 Å². The molecule has 0 N–H and O–H groups in total. The zero-order chi connectivity index (χ0) is 13.5. The zero-order valence-corrected chi connectivity index (χ0v) is 12.4. The molecule has 0 rings (SSSR count). The minimum Gasteiger partial charge on any atom is 0 e. The van der Waals surface area contributed by atoms with Gasteiger partial charge in [-0.3, -0.25) is 0 Å². The van der Waals surface area contributed by atoms with Crippen LogP contribution in [0, 0.1) is 0 Å². The van der Waals surface area contributed by atoms with Gasteiger partial charge in [0.15, 0.2) is 0 Å². The molecule has 0 saturated carbocycles. The molecule has 17 heteroatoms. The molecule has 1 radical (unpaired) electrons. The molecule has 0 atom stereocenters. The second-order valence-electron chi connectivity index (χ2n) is 1.13. The molecule has 0 unspecified atom stereocenters. The zero-order valence-electron chi connectivity index (χ0n) is 7.48. The van der Waals surface area contributed by atoms with Gasteiger partial charge in [0.05, 0.1) is 0 Å². The summed E-state index contributed by atoms with van der Waals surface area (Å²) in [7, 11) is 0. The van der Waals surface area contributed by atoms with Crippen LogP contribution in [0.15, 0.2) is 0 Å². The second-order valence-corrected chi connectivity index (χ2v) is 4.68. The van der Waals surface area contributed by atoms with Crippen LogP contribution in [0.2, 0.25) is 0 Å². The van der Waals surface area contributed by atoms with Gasteiger partial charge in [0, 0.05) is 18.6 Å². The Labute approximate surface area is 125 Å². The van der Waals surface area contributed by atoms with Crippen molar-refractivity contribution in [2.24, 2.45) is 0 Å². The molecule has 0 bridgehead atoms. The Bertz CT molecular complexity index is 343. The molecule has 0 aliphatic rings. The summed E-state index contributed by atoms with van der Waals surface area (Å²) in [5, 5.41) is 0. The largest absolute Gasteiger partial charge is 0 e. The van der Waals surface area contributed by atoms with E-state index in [0.717, 1.165) is 0 Å². The number of hydrogen-bond donors (Lipinski definition) is 0. The van der Waals surface area contributed by atoms with E-state index >= 15 is 0 Å². The van der Waals surface area contributed by atoms with E-state index in [1.807, 2.05) is 0 Å². The fraction of sp³-hybridized carbons (Fsp3) is 0. The van der Waals surface area contributed by atoms with Crippen LogP contribution in [-0.4, -0.2) is 0 Å². The Morgan fingerprint density at radius 2 is 0.471 bits per heavy atom. The monoisotopic (exact) mass is 415 g/mol. The summed E-state index contributed by atoms with van der Waals surface area (Å²) < 4.78 is 103. The third-order valence-electron chi connectivity index (χ3n) is 0. The van der Waals surface area contributed by atoms with E-state index in [4.69, 9.17) is 48.1 Å². The predicted octanol–water partition coefficient (Wildman–Crippen LogP) is -10.9. The van der Waals surface area contributed by atoms with Gasteiger partial charge in [-0.15, -0.1) is 0 Å². The van der Waals surface area contributed by atoms with Crippen molar-refractivity contribution in [1.82, 2.24) is 0 Å². The Hall–Kier alpha value is 1.30. The first-order valence-corrected chi connectivity index (χ1v) is 7.63. The molecule has 0 saturated heterocycles. The van der Waals surface area contributed by atoms with Crippen molar-refractivity contribution >= 4 is 0 Å². The van der Waals surface area contributed by atoms with Gasteiger partial charge in [-0.05, 0) is 0 Å². The van der Waals surface area contributed by atoms with E-state index in [-0.39, 0.29) is 37.4 Å². The smallest absolute Gasteiger partial charge is 0 e. The normalized spacial score (nSPS) is 10.2. The summed E-state index contributed by atoms with van der Waals surface area (Å²) in [4.78, 5) is 0. The fourth-order valence-corrected chi connectivity index (χ4v) is 0. The second kappa shape index (κ2) is 12.3. The fourth-order valence-electron chi connectivity index (χ4n) is 0. The molecular formula is LiMn3O12V-5. The Kier molecular flexibility index (Phi) is 22.5. The van der Waals surface area contributed by atoms with Gasteiger partial charge in [0.2, 0.25) is 0 Å². The van der Waals surface area contributed by atoms with E-state index in [1.165, 1.54) is 0 Å². The molecule has 104 valence electrons. The summed E-state index contributed by atoms with van der Waals surface area (Å²) in [5.41, 5.74) is 0. The molecule has 12 nitrogen and oxygen atoms in total. The van der Waals surface area contributed by atoms with Crippen molar-refractivity contribution in [3.05, 3.63) is 0 Å². The van der Waals surface area contributed by atoms with Gasteiger partial charge < -0.3 is 0 Å². The van der Waals surface area contributed by atoms with E-state index in [1.54, 1.807) is 0 Å². The minimum absolute atomic E-state index is 0. The van der Waals surface area contributed by atoms with Crippen molar-refractivity contribution in [2.45, 2.75) is 0 Å². The molecule has 17 heavy (non-hydrogen) atoms. The molecule has 0 amide bonds. The average Bonchev–Trinajstić information content (AvgIpc) is 1.41. The number of hydrogen-bond acceptors (Lipinski definition) is 12. The maximum Gasteiger partial charge on any atom is 0 e. The first-order chi connectivity index (χ1) is 6.00. The van der Waals surface area contributed by atoms with Crippen LogP contribution in [0.5, 0.6) is 0 Å². The molecule has 0 aromatic heterocycles. The third-order valence-corrected chi connectivity index (χ3v) is 0. The van der Waals surface area contributed by atoms with Gasteiger partial charge in [-0.25, -0.2) is 0 Å². The molecule has 0 aromatic carbocycles. The summed E-state index contributed by atoms with van der Waals surface area (Å²) in [6, 6.07) is 0. The first-order valence-electron chi connectivity index (χ1n) is 1.85. The standard InChI is InChI=1S/Li.3Mn.12O.V/q+1;;;;;;;;;;6*-1;. The van der Waals surface area contributed by atoms with E-state index < -0.39 is 40.1 Å². The summed E-state index contributed by atoms with van der Waals surface area (Å²) in [5.74, 6) is 0. The summed E-state index contributed by atoms with van der Waals surface area (Å²) >= 11 is -16.9. The van der Waals surface area contributed by atoms with Crippen LogP contribution >= 0.6 is 0 Å². The topological polar surface area (TPSA) is 241 Å². The SMILES string of the molecule is [Li+].[O]=[Mn](=[O])([O-])[O-].[O]=[Mn](=[O])([O-])[O-].[O]=[Mn](=[O])([O-])[O-].[V]. The first kappa shape index (κ1) is 31.0. The van der Waals surface area contributed by atoms with Gasteiger partial charge >= 0.3 is 107 Å². The van der Waals surface area contributed by atoms with Gasteiger partial charge in [0.25, 0.3) is 0 Å². The van der Waals surface area contributed by atoms with Crippen molar-refractivity contribution in [3.8, 4) is 0 Å². The van der Waals surface area contributed by atoms with Crippen LogP contribution < -0.4 is 44.0 Å². The molecule has 0 heterocycles. The number of rotatable bonds is 0. The van der Waals surface area contributed by atoms with Crippen LogP contribution in [0.1, 0.15) is 0 Å². The van der Waals surface area contributed by atoms with Crippen LogP contribution in [0.3, 0.4) is 0 Å². The van der Waals surface area contributed by atoms with E-state index in [0.29, 0.717) is 0 Å². The molecule has 0 aromatic rings. The Morgan fingerprint density at radius 1 is 0.471 bits per heavy atom. The average molecular weight is 415 g/mol. The van der Waals surface area contributed by atoms with Crippen LogP contribution in [-0.2, 0) is 81.7 Å².